The maximum absolute atomic E-state index is 12.4. The van der Waals surface area contributed by atoms with Gasteiger partial charge in [-0.1, -0.05) is 25.1 Å². The molecule has 0 bridgehead atoms. The van der Waals surface area contributed by atoms with Gasteiger partial charge >= 0.3 is 0 Å². The van der Waals surface area contributed by atoms with Crippen LogP contribution in [0, 0.1) is 5.92 Å². The second-order valence-electron chi connectivity index (χ2n) is 7.40. The molecule has 2 fully saturated rings. The highest BCUT2D eigenvalue weighted by Gasteiger charge is 2.37. The predicted molar refractivity (Wildman–Crippen MR) is 95.8 cm³/mol. The first-order chi connectivity index (χ1) is 12.2. The molecule has 1 amide bonds. The van der Waals surface area contributed by atoms with Crippen LogP contribution in [-0.4, -0.2) is 18.1 Å². The fourth-order valence-electron chi connectivity index (χ4n) is 3.67. The quantitative estimate of drug-likeness (QED) is 0.871. The zero-order chi connectivity index (χ0) is 17.2. The molecule has 2 atom stereocenters. The summed E-state index contributed by atoms with van der Waals surface area (Å²) in [6.07, 6.45) is 5.21. The van der Waals surface area contributed by atoms with Gasteiger partial charge in [-0.25, -0.2) is 0 Å². The monoisotopic (exact) mass is 339 g/mol. The molecule has 25 heavy (non-hydrogen) atoms. The van der Waals surface area contributed by atoms with E-state index in [0.717, 1.165) is 37.2 Å². The van der Waals surface area contributed by atoms with E-state index < -0.39 is 0 Å². The molecule has 132 valence electrons. The van der Waals surface area contributed by atoms with E-state index in [1.165, 1.54) is 6.42 Å². The minimum Gasteiger partial charge on any atom is -0.490 e. The molecule has 1 aromatic heterocycles. The second-order valence-corrected chi connectivity index (χ2v) is 7.40. The summed E-state index contributed by atoms with van der Waals surface area (Å²) in [5, 5.41) is 3.12. The summed E-state index contributed by atoms with van der Waals surface area (Å²) in [5.41, 5.74) is 0. The van der Waals surface area contributed by atoms with E-state index in [1.54, 1.807) is 6.07 Å². The molecule has 2 aliphatic rings. The van der Waals surface area contributed by atoms with E-state index in [9.17, 15) is 4.79 Å². The summed E-state index contributed by atoms with van der Waals surface area (Å²) in [7, 11) is 0. The molecule has 2 aliphatic carbocycles. The van der Waals surface area contributed by atoms with Crippen LogP contribution in [0.2, 0.25) is 0 Å². The van der Waals surface area contributed by atoms with Crippen molar-refractivity contribution in [3.63, 3.8) is 0 Å². The van der Waals surface area contributed by atoms with E-state index in [0.29, 0.717) is 17.6 Å². The Bertz CT molecular complexity index is 716. The molecule has 4 rings (SSSR count). The number of hydrogen-bond donors (Lipinski definition) is 1. The first kappa shape index (κ1) is 16.2. The van der Waals surface area contributed by atoms with Gasteiger partial charge in [-0.3, -0.25) is 4.79 Å². The number of nitrogens with one attached hydrogen (secondary N) is 1. The molecule has 2 saturated carbocycles. The van der Waals surface area contributed by atoms with E-state index in [2.05, 4.69) is 12.2 Å². The van der Waals surface area contributed by atoms with Crippen molar-refractivity contribution in [3.05, 3.63) is 54.0 Å². The predicted octanol–water partition coefficient (Wildman–Crippen LogP) is 4.52. The van der Waals surface area contributed by atoms with Gasteiger partial charge in [0.05, 0.1) is 6.10 Å². The van der Waals surface area contributed by atoms with Crippen molar-refractivity contribution in [2.24, 2.45) is 5.92 Å². The molecular formula is C21H25NO3. The highest BCUT2D eigenvalue weighted by atomic mass is 16.5. The van der Waals surface area contributed by atoms with Crippen LogP contribution >= 0.6 is 0 Å². The van der Waals surface area contributed by atoms with Gasteiger partial charge in [0, 0.05) is 12.0 Å². The molecule has 2 aromatic rings. The minimum atomic E-state index is -0.0908. The third-order valence-electron chi connectivity index (χ3n) is 5.38. The van der Waals surface area contributed by atoms with Crippen LogP contribution in [0.25, 0.3) is 0 Å². The van der Waals surface area contributed by atoms with Gasteiger partial charge in [0.1, 0.15) is 11.5 Å². The van der Waals surface area contributed by atoms with E-state index in [-0.39, 0.29) is 18.1 Å². The van der Waals surface area contributed by atoms with Gasteiger partial charge in [-0.05, 0) is 62.3 Å². The van der Waals surface area contributed by atoms with Crippen molar-refractivity contribution in [2.45, 2.75) is 57.1 Å². The van der Waals surface area contributed by atoms with Crippen molar-refractivity contribution in [1.82, 2.24) is 5.32 Å². The molecule has 1 N–H and O–H groups in total. The van der Waals surface area contributed by atoms with Crippen LogP contribution < -0.4 is 10.1 Å². The second kappa shape index (κ2) is 6.95. The fourth-order valence-corrected chi connectivity index (χ4v) is 3.67. The molecule has 0 aliphatic heterocycles. The lowest BCUT2D eigenvalue weighted by Gasteiger charge is -2.29. The van der Waals surface area contributed by atoms with Gasteiger partial charge in [0.2, 0.25) is 0 Å². The van der Waals surface area contributed by atoms with Gasteiger partial charge < -0.3 is 14.5 Å². The summed E-state index contributed by atoms with van der Waals surface area (Å²) >= 11 is 0. The molecule has 1 aromatic carbocycles. The maximum Gasteiger partial charge on any atom is 0.287 e. The Balaban J connectivity index is 1.25. The lowest BCUT2D eigenvalue weighted by Crippen LogP contribution is -2.39. The normalized spacial score (nSPS) is 28.4. The van der Waals surface area contributed by atoms with Crippen molar-refractivity contribution in [2.75, 3.05) is 0 Å². The Morgan fingerprint density at radius 2 is 1.80 bits per heavy atom. The molecule has 2 unspecified atom stereocenters. The minimum absolute atomic E-state index is 0.0908. The van der Waals surface area contributed by atoms with E-state index in [1.807, 2.05) is 36.4 Å². The summed E-state index contributed by atoms with van der Waals surface area (Å²) in [6.45, 7) is 2.21. The molecule has 0 saturated heterocycles. The Kier molecular flexibility index (Phi) is 4.51. The summed E-state index contributed by atoms with van der Waals surface area (Å²) in [6, 6.07) is 13.9. The van der Waals surface area contributed by atoms with E-state index >= 15 is 0 Å². The van der Waals surface area contributed by atoms with Crippen LogP contribution in [-0.2, 0) is 0 Å². The number of carbonyl (C=O) groups is 1. The Morgan fingerprint density at radius 1 is 1.08 bits per heavy atom. The van der Waals surface area contributed by atoms with Crippen molar-refractivity contribution < 1.29 is 13.9 Å². The number of rotatable bonds is 5. The number of benzene rings is 1. The lowest BCUT2D eigenvalue weighted by atomic mass is 9.93. The number of furan rings is 1. The molecular weight excluding hydrogens is 314 g/mol. The zero-order valence-corrected chi connectivity index (χ0v) is 14.6. The summed E-state index contributed by atoms with van der Waals surface area (Å²) in [4.78, 5) is 12.4. The number of amides is 1. The summed E-state index contributed by atoms with van der Waals surface area (Å²) in [5.74, 6) is 3.42. The number of ether oxygens (including phenoxy) is 1. The topological polar surface area (TPSA) is 51.5 Å². The highest BCUT2D eigenvalue weighted by molar-refractivity contribution is 5.91. The van der Waals surface area contributed by atoms with Gasteiger partial charge in [-0.15, -0.1) is 0 Å². The van der Waals surface area contributed by atoms with Gasteiger partial charge in [0.25, 0.3) is 5.91 Å². The average molecular weight is 339 g/mol. The first-order valence-corrected chi connectivity index (χ1v) is 9.31. The van der Waals surface area contributed by atoms with Gasteiger partial charge in [-0.2, -0.15) is 0 Å². The van der Waals surface area contributed by atoms with E-state index in [4.69, 9.17) is 9.15 Å². The molecule has 4 nitrogen and oxygen atoms in total. The maximum atomic E-state index is 12.4. The first-order valence-electron chi connectivity index (χ1n) is 9.31. The van der Waals surface area contributed by atoms with Crippen molar-refractivity contribution in [3.8, 4) is 5.75 Å². The SMILES string of the molecule is CC1CC1c1ccc(C(=O)NC2CCC(Oc3ccccc3)CC2)o1. The fraction of sp³-hybridized carbons (Fsp3) is 0.476. The van der Waals surface area contributed by atoms with Crippen LogP contribution in [0.4, 0.5) is 0 Å². The highest BCUT2D eigenvalue weighted by Crippen LogP contribution is 2.47. The Labute approximate surface area is 148 Å². The third-order valence-corrected chi connectivity index (χ3v) is 5.38. The third kappa shape index (κ3) is 3.89. The largest absolute Gasteiger partial charge is 0.490 e. The molecule has 1 heterocycles. The number of carbonyl (C=O) groups excluding carboxylic acids is 1. The lowest BCUT2D eigenvalue weighted by molar-refractivity contribution is 0.0865. The number of hydrogen-bond acceptors (Lipinski definition) is 3. The molecule has 0 spiro atoms. The van der Waals surface area contributed by atoms with Crippen LogP contribution in [0.5, 0.6) is 5.75 Å². The zero-order valence-electron chi connectivity index (χ0n) is 14.6. The van der Waals surface area contributed by atoms with Crippen LogP contribution in [0.1, 0.15) is 61.3 Å². The standard InChI is InChI=1S/C21H25NO3/c1-14-13-18(14)19-11-12-20(25-19)21(23)22-15-7-9-17(10-8-15)24-16-5-3-2-4-6-16/h2-6,11-12,14-15,17-18H,7-10,13H2,1H3,(H,22,23). The smallest absolute Gasteiger partial charge is 0.287 e. The average Bonchev–Trinajstić information content (AvgIpc) is 3.16. The Morgan fingerprint density at radius 3 is 2.48 bits per heavy atom. The van der Waals surface area contributed by atoms with Crippen molar-refractivity contribution in [1.29, 1.82) is 0 Å². The Hall–Kier alpha value is -2.23. The van der Waals surface area contributed by atoms with Crippen LogP contribution in [0.15, 0.2) is 46.9 Å². The molecule has 0 radical (unpaired) electrons. The van der Waals surface area contributed by atoms with Gasteiger partial charge in [0.15, 0.2) is 5.76 Å². The van der Waals surface area contributed by atoms with Crippen LogP contribution in [0.3, 0.4) is 0 Å². The molecule has 4 heteroatoms. The number of para-hydroxylation sites is 1. The van der Waals surface area contributed by atoms with Crippen molar-refractivity contribution >= 4 is 5.91 Å². The summed E-state index contributed by atoms with van der Waals surface area (Å²) < 4.78 is 11.8.